The molecule has 0 aliphatic carbocycles. The molecule has 0 heterocycles. The lowest BCUT2D eigenvalue weighted by Gasteiger charge is -2.16. The van der Waals surface area contributed by atoms with Crippen molar-refractivity contribution in [1.82, 2.24) is 5.32 Å². The summed E-state index contributed by atoms with van der Waals surface area (Å²) in [4.78, 5) is 11.6. The van der Waals surface area contributed by atoms with E-state index in [1.807, 2.05) is 45.0 Å². The van der Waals surface area contributed by atoms with Gasteiger partial charge < -0.3 is 10.4 Å². The molecule has 1 aromatic rings. The maximum Gasteiger partial charge on any atom is 0.244 e. The van der Waals surface area contributed by atoms with Crippen molar-refractivity contribution in [3.05, 3.63) is 41.5 Å². The first kappa shape index (κ1) is 15.4. The van der Waals surface area contributed by atoms with Crippen LogP contribution in [-0.4, -0.2) is 23.7 Å². The van der Waals surface area contributed by atoms with Crippen molar-refractivity contribution >= 4 is 12.0 Å². The minimum Gasteiger partial charge on any atom is -0.391 e. The van der Waals surface area contributed by atoms with Crippen LogP contribution in [0, 0.1) is 12.8 Å². The second-order valence-corrected chi connectivity index (χ2v) is 4.94. The highest BCUT2D eigenvalue weighted by molar-refractivity contribution is 5.91. The molecule has 0 aliphatic rings. The van der Waals surface area contributed by atoms with Crippen LogP contribution in [0.1, 0.15) is 31.4 Å². The van der Waals surface area contributed by atoms with Crippen molar-refractivity contribution in [1.29, 1.82) is 0 Å². The predicted molar refractivity (Wildman–Crippen MR) is 78.7 cm³/mol. The molecule has 2 N–H and O–H groups in total. The molecule has 1 rings (SSSR count). The van der Waals surface area contributed by atoms with E-state index in [-0.39, 0.29) is 11.8 Å². The van der Waals surface area contributed by atoms with Crippen molar-refractivity contribution in [2.24, 2.45) is 5.92 Å². The molecule has 3 nitrogen and oxygen atoms in total. The third-order valence-electron chi connectivity index (χ3n) is 3.29. The van der Waals surface area contributed by atoms with Crippen molar-refractivity contribution in [3.8, 4) is 0 Å². The van der Waals surface area contributed by atoms with Gasteiger partial charge in [0.15, 0.2) is 0 Å². The van der Waals surface area contributed by atoms with Gasteiger partial charge in [0, 0.05) is 12.6 Å². The van der Waals surface area contributed by atoms with E-state index in [2.05, 4.69) is 5.32 Å². The molecule has 0 bridgehead atoms. The van der Waals surface area contributed by atoms with Crippen LogP contribution in [0.25, 0.3) is 6.08 Å². The first-order valence-corrected chi connectivity index (χ1v) is 6.73. The first-order valence-electron chi connectivity index (χ1n) is 6.73. The summed E-state index contributed by atoms with van der Waals surface area (Å²) in [6, 6.07) is 7.94. The monoisotopic (exact) mass is 261 g/mol. The van der Waals surface area contributed by atoms with Gasteiger partial charge in [-0.3, -0.25) is 4.79 Å². The van der Waals surface area contributed by atoms with E-state index in [0.717, 1.165) is 12.0 Å². The molecule has 0 aliphatic heterocycles. The van der Waals surface area contributed by atoms with Crippen LogP contribution >= 0.6 is 0 Å². The highest BCUT2D eigenvalue weighted by Gasteiger charge is 2.12. The van der Waals surface area contributed by atoms with Gasteiger partial charge >= 0.3 is 0 Å². The number of aliphatic hydroxyl groups is 1. The summed E-state index contributed by atoms with van der Waals surface area (Å²) in [5.41, 5.74) is 2.18. The van der Waals surface area contributed by atoms with Gasteiger partial charge in [-0.15, -0.1) is 0 Å². The lowest BCUT2D eigenvalue weighted by Crippen LogP contribution is -2.34. The first-order chi connectivity index (χ1) is 9.02. The SMILES string of the molecule is CCC(C)C(O)CNC(=O)/C=C/c1ccc(C)cc1. The molecule has 19 heavy (non-hydrogen) atoms. The fourth-order valence-electron chi connectivity index (χ4n) is 1.59. The van der Waals surface area contributed by atoms with Crippen molar-refractivity contribution in [3.63, 3.8) is 0 Å². The molecule has 0 radical (unpaired) electrons. The van der Waals surface area contributed by atoms with Gasteiger partial charge in [-0.1, -0.05) is 50.1 Å². The van der Waals surface area contributed by atoms with Gasteiger partial charge in [0.25, 0.3) is 0 Å². The van der Waals surface area contributed by atoms with Crippen LogP contribution in [0.4, 0.5) is 0 Å². The number of hydrogen-bond acceptors (Lipinski definition) is 2. The molecular formula is C16H23NO2. The lowest BCUT2D eigenvalue weighted by atomic mass is 10.0. The van der Waals surface area contributed by atoms with Crippen molar-refractivity contribution < 1.29 is 9.90 Å². The van der Waals surface area contributed by atoms with Gasteiger partial charge in [-0.2, -0.15) is 0 Å². The third kappa shape index (κ3) is 5.71. The number of carbonyl (C=O) groups excluding carboxylic acids is 1. The minimum atomic E-state index is -0.485. The molecule has 0 saturated carbocycles. The Morgan fingerprint density at radius 3 is 2.58 bits per heavy atom. The van der Waals surface area contributed by atoms with Crippen LogP contribution in [0.15, 0.2) is 30.3 Å². The summed E-state index contributed by atoms with van der Waals surface area (Å²) in [6.07, 6.45) is 3.68. The normalized spacial score (nSPS) is 14.3. The van der Waals surface area contributed by atoms with E-state index < -0.39 is 6.10 Å². The predicted octanol–water partition coefficient (Wildman–Crippen LogP) is 2.53. The molecule has 3 heteroatoms. The summed E-state index contributed by atoms with van der Waals surface area (Å²) < 4.78 is 0. The Labute approximate surface area is 115 Å². The lowest BCUT2D eigenvalue weighted by molar-refractivity contribution is -0.117. The second-order valence-electron chi connectivity index (χ2n) is 4.94. The van der Waals surface area contributed by atoms with E-state index in [9.17, 15) is 9.90 Å². The fourth-order valence-corrected chi connectivity index (χ4v) is 1.59. The maximum absolute atomic E-state index is 11.6. The van der Waals surface area contributed by atoms with Crippen molar-refractivity contribution in [2.45, 2.75) is 33.3 Å². The Kier molecular flexibility index (Phi) is 6.30. The number of benzene rings is 1. The smallest absolute Gasteiger partial charge is 0.244 e. The number of rotatable bonds is 6. The van der Waals surface area contributed by atoms with Gasteiger partial charge in [-0.05, 0) is 24.5 Å². The highest BCUT2D eigenvalue weighted by Crippen LogP contribution is 2.06. The minimum absolute atomic E-state index is 0.178. The van der Waals surface area contributed by atoms with Crippen LogP contribution in [0.2, 0.25) is 0 Å². The summed E-state index contributed by atoms with van der Waals surface area (Å²) in [7, 11) is 0. The number of hydrogen-bond donors (Lipinski definition) is 2. The second kappa shape index (κ2) is 7.74. The highest BCUT2D eigenvalue weighted by atomic mass is 16.3. The third-order valence-corrected chi connectivity index (χ3v) is 3.29. The Morgan fingerprint density at radius 1 is 1.37 bits per heavy atom. The maximum atomic E-state index is 11.6. The van der Waals surface area contributed by atoms with Crippen LogP contribution in [-0.2, 0) is 4.79 Å². The molecule has 1 aromatic carbocycles. The molecule has 0 spiro atoms. The Morgan fingerprint density at radius 2 is 2.00 bits per heavy atom. The average Bonchev–Trinajstić information content (AvgIpc) is 2.43. The molecule has 0 fully saturated rings. The van der Waals surface area contributed by atoms with Crippen molar-refractivity contribution in [2.75, 3.05) is 6.54 Å². The Bertz CT molecular complexity index is 423. The fraction of sp³-hybridized carbons (Fsp3) is 0.438. The van der Waals surface area contributed by atoms with Gasteiger partial charge in [0.2, 0.25) is 5.91 Å². The van der Waals surface area contributed by atoms with Crippen LogP contribution < -0.4 is 5.32 Å². The van der Waals surface area contributed by atoms with Crippen LogP contribution in [0.3, 0.4) is 0 Å². The van der Waals surface area contributed by atoms with E-state index >= 15 is 0 Å². The summed E-state index contributed by atoms with van der Waals surface area (Å²) in [5, 5.41) is 12.4. The molecule has 2 atom stereocenters. The molecule has 1 amide bonds. The largest absolute Gasteiger partial charge is 0.391 e. The molecule has 104 valence electrons. The Balaban J connectivity index is 2.41. The van der Waals surface area contributed by atoms with Gasteiger partial charge in [0.1, 0.15) is 0 Å². The zero-order valence-electron chi connectivity index (χ0n) is 11.9. The molecule has 2 unspecified atom stereocenters. The van der Waals surface area contributed by atoms with Gasteiger partial charge in [0.05, 0.1) is 6.10 Å². The molecular weight excluding hydrogens is 238 g/mol. The average molecular weight is 261 g/mol. The topological polar surface area (TPSA) is 49.3 Å². The zero-order chi connectivity index (χ0) is 14.3. The number of nitrogens with one attached hydrogen (secondary N) is 1. The number of amides is 1. The number of aryl methyl sites for hydroxylation is 1. The molecule has 0 saturated heterocycles. The number of aliphatic hydroxyl groups excluding tert-OH is 1. The zero-order valence-corrected chi connectivity index (χ0v) is 11.9. The van der Waals surface area contributed by atoms with E-state index in [4.69, 9.17) is 0 Å². The van der Waals surface area contributed by atoms with Gasteiger partial charge in [-0.25, -0.2) is 0 Å². The number of carbonyl (C=O) groups is 1. The quantitative estimate of drug-likeness (QED) is 0.773. The Hall–Kier alpha value is -1.61. The van der Waals surface area contributed by atoms with E-state index in [1.54, 1.807) is 6.08 Å². The summed E-state index contributed by atoms with van der Waals surface area (Å²) in [5.74, 6) is 0.0179. The van der Waals surface area contributed by atoms with E-state index in [0.29, 0.717) is 6.54 Å². The molecule has 0 aromatic heterocycles. The summed E-state index contributed by atoms with van der Waals surface area (Å²) in [6.45, 7) is 6.31. The summed E-state index contributed by atoms with van der Waals surface area (Å²) >= 11 is 0. The van der Waals surface area contributed by atoms with Crippen LogP contribution in [0.5, 0.6) is 0 Å². The standard InChI is InChI=1S/C16H23NO2/c1-4-13(3)15(18)11-17-16(19)10-9-14-7-5-12(2)6-8-14/h5-10,13,15,18H,4,11H2,1-3H3,(H,17,19)/b10-9+. The van der Waals surface area contributed by atoms with E-state index in [1.165, 1.54) is 11.6 Å².